The summed E-state index contributed by atoms with van der Waals surface area (Å²) in [7, 11) is 0.863. The topological polar surface area (TPSA) is 67.4 Å². The molecule has 2 unspecified atom stereocenters. The van der Waals surface area contributed by atoms with Gasteiger partial charge in [-0.2, -0.15) is 0 Å². The Morgan fingerprint density at radius 3 is 2.71 bits per heavy atom. The smallest absolute Gasteiger partial charge is 0.236 e. The van der Waals surface area contributed by atoms with Crippen molar-refractivity contribution in [1.82, 2.24) is 10.6 Å². The van der Waals surface area contributed by atoms with Crippen LogP contribution < -0.4 is 10.6 Å². The summed E-state index contributed by atoms with van der Waals surface area (Å²) in [5.41, 5.74) is 0. The minimum atomic E-state index is -0.775. The van der Waals surface area contributed by atoms with Crippen molar-refractivity contribution in [3.63, 3.8) is 0 Å². The van der Waals surface area contributed by atoms with Gasteiger partial charge in [-0.15, -0.1) is 0 Å². The average molecular weight is 264 g/mol. The van der Waals surface area contributed by atoms with E-state index in [0.29, 0.717) is 31.2 Å². The van der Waals surface area contributed by atoms with Crippen LogP contribution in [0, 0.1) is 0 Å². The number of nitrogens with one attached hydrogen (secondary N) is 2. The van der Waals surface area contributed by atoms with E-state index < -0.39 is 10.8 Å². The number of methoxy groups -OCH3 is 1. The molecule has 0 bridgehead atoms. The van der Waals surface area contributed by atoms with Crippen molar-refractivity contribution in [2.45, 2.75) is 26.3 Å². The van der Waals surface area contributed by atoms with Gasteiger partial charge < -0.3 is 15.4 Å². The van der Waals surface area contributed by atoms with Crippen LogP contribution in [0.15, 0.2) is 0 Å². The molecule has 0 aliphatic carbocycles. The molecule has 0 heterocycles. The lowest BCUT2D eigenvalue weighted by Crippen LogP contribution is -2.43. The largest absolute Gasteiger partial charge is 0.385 e. The number of carbonyl (C=O) groups excluding carboxylic acids is 1. The van der Waals surface area contributed by atoms with Crippen molar-refractivity contribution in [2.75, 3.05) is 38.3 Å². The molecule has 6 heteroatoms. The highest BCUT2D eigenvalue weighted by atomic mass is 32.2. The van der Waals surface area contributed by atoms with Gasteiger partial charge in [-0.3, -0.25) is 9.00 Å². The van der Waals surface area contributed by atoms with Crippen LogP contribution >= 0.6 is 0 Å². The first-order valence-corrected chi connectivity index (χ1v) is 7.45. The van der Waals surface area contributed by atoms with Gasteiger partial charge in [-0.1, -0.05) is 6.92 Å². The molecule has 0 radical (unpaired) electrons. The Morgan fingerprint density at radius 1 is 1.41 bits per heavy atom. The summed E-state index contributed by atoms with van der Waals surface area (Å²) in [4.78, 5) is 11.6. The molecule has 0 aliphatic rings. The number of ether oxygens (including phenoxy) is 1. The van der Waals surface area contributed by atoms with E-state index in [-0.39, 0.29) is 11.9 Å². The summed E-state index contributed by atoms with van der Waals surface area (Å²) in [5, 5.41) is 5.86. The second-order valence-corrected chi connectivity index (χ2v) is 5.61. The van der Waals surface area contributed by atoms with Crippen LogP contribution in [0.4, 0.5) is 0 Å². The lowest BCUT2D eigenvalue weighted by Gasteiger charge is -2.13. The molecule has 0 aromatic heterocycles. The van der Waals surface area contributed by atoms with Gasteiger partial charge in [-0.25, -0.2) is 0 Å². The van der Waals surface area contributed by atoms with Crippen molar-refractivity contribution < 1.29 is 13.7 Å². The quantitative estimate of drug-likeness (QED) is 0.540. The van der Waals surface area contributed by atoms with Crippen molar-refractivity contribution in [2.24, 2.45) is 0 Å². The predicted molar refractivity (Wildman–Crippen MR) is 70.5 cm³/mol. The molecule has 0 aromatic rings. The van der Waals surface area contributed by atoms with Gasteiger partial charge in [0.1, 0.15) is 0 Å². The SMILES string of the molecule is CCS(=O)CCNC(C)C(=O)NCCCOC. The number of rotatable bonds is 10. The summed E-state index contributed by atoms with van der Waals surface area (Å²) >= 11 is 0. The number of hydrogen-bond donors (Lipinski definition) is 2. The van der Waals surface area contributed by atoms with Crippen molar-refractivity contribution >= 4 is 16.7 Å². The monoisotopic (exact) mass is 264 g/mol. The molecular weight excluding hydrogens is 240 g/mol. The zero-order valence-electron chi connectivity index (χ0n) is 11.0. The minimum absolute atomic E-state index is 0.0246. The molecular formula is C11H24N2O3S. The highest BCUT2D eigenvalue weighted by Gasteiger charge is 2.11. The number of hydrogen-bond acceptors (Lipinski definition) is 4. The van der Waals surface area contributed by atoms with Crippen molar-refractivity contribution in [3.05, 3.63) is 0 Å². The lowest BCUT2D eigenvalue weighted by atomic mass is 10.3. The molecule has 2 atom stereocenters. The maximum atomic E-state index is 11.6. The molecule has 102 valence electrons. The van der Waals surface area contributed by atoms with Gasteiger partial charge in [0, 0.05) is 49.1 Å². The van der Waals surface area contributed by atoms with E-state index in [0.717, 1.165) is 6.42 Å². The molecule has 17 heavy (non-hydrogen) atoms. The predicted octanol–water partition coefficient (Wildman–Crippen LogP) is -0.114. The van der Waals surface area contributed by atoms with Gasteiger partial charge in [0.15, 0.2) is 0 Å². The van der Waals surface area contributed by atoms with Crippen LogP contribution in [0.3, 0.4) is 0 Å². The maximum absolute atomic E-state index is 11.6. The van der Waals surface area contributed by atoms with E-state index in [1.54, 1.807) is 14.0 Å². The zero-order chi connectivity index (χ0) is 13.1. The molecule has 0 fully saturated rings. The van der Waals surface area contributed by atoms with Crippen molar-refractivity contribution in [3.8, 4) is 0 Å². The Bertz CT molecular complexity index is 237. The van der Waals surface area contributed by atoms with E-state index in [9.17, 15) is 9.00 Å². The molecule has 0 aromatic carbocycles. The normalized spacial score (nSPS) is 14.3. The standard InChI is InChI=1S/C11H24N2O3S/c1-4-17(15)9-7-12-10(2)11(14)13-6-5-8-16-3/h10,12H,4-9H2,1-3H3,(H,13,14). The second kappa shape index (κ2) is 10.7. The van der Waals surface area contributed by atoms with Gasteiger partial charge in [0.25, 0.3) is 0 Å². The molecule has 0 saturated carbocycles. The van der Waals surface area contributed by atoms with E-state index in [2.05, 4.69) is 10.6 Å². The van der Waals surface area contributed by atoms with Gasteiger partial charge >= 0.3 is 0 Å². The van der Waals surface area contributed by atoms with Crippen LogP contribution in [0.2, 0.25) is 0 Å². The summed E-state index contributed by atoms with van der Waals surface area (Å²) in [6, 6.07) is -0.244. The first-order valence-electron chi connectivity index (χ1n) is 5.96. The molecule has 0 rings (SSSR count). The fraction of sp³-hybridized carbons (Fsp3) is 0.909. The highest BCUT2D eigenvalue weighted by molar-refractivity contribution is 7.84. The van der Waals surface area contributed by atoms with E-state index in [1.807, 2.05) is 6.92 Å². The Morgan fingerprint density at radius 2 is 2.12 bits per heavy atom. The van der Waals surface area contributed by atoms with Crippen LogP contribution in [-0.4, -0.2) is 54.5 Å². The van der Waals surface area contributed by atoms with Crippen molar-refractivity contribution in [1.29, 1.82) is 0 Å². The number of carbonyl (C=O) groups is 1. The third-order valence-corrected chi connectivity index (χ3v) is 3.62. The Balaban J connectivity index is 3.56. The molecule has 0 saturated heterocycles. The second-order valence-electron chi connectivity index (χ2n) is 3.75. The summed E-state index contributed by atoms with van der Waals surface area (Å²) < 4.78 is 16.1. The van der Waals surface area contributed by atoms with Gasteiger partial charge in [0.05, 0.1) is 6.04 Å². The van der Waals surface area contributed by atoms with Gasteiger partial charge in [0.2, 0.25) is 5.91 Å². The van der Waals surface area contributed by atoms with Crippen LogP contribution in [0.5, 0.6) is 0 Å². The highest BCUT2D eigenvalue weighted by Crippen LogP contribution is 1.85. The van der Waals surface area contributed by atoms with Crippen LogP contribution in [0.25, 0.3) is 0 Å². The third-order valence-electron chi connectivity index (χ3n) is 2.32. The first kappa shape index (κ1) is 16.5. The Labute approximate surface area is 106 Å². The van der Waals surface area contributed by atoms with E-state index in [4.69, 9.17) is 4.74 Å². The summed E-state index contributed by atoms with van der Waals surface area (Å²) in [6.45, 7) is 5.58. The molecule has 1 amide bonds. The minimum Gasteiger partial charge on any atom is -0.385 e. The Kier molecular flexibility index (Phi) is 10.4. The fourth-order valence-electron chi connectivity index (χ4n) is 1.21. The van der Waals surface area contributed by atoms with Crippen LogP contribution in [-0.2, 0) is 20.3 Å². The van der Waals surface area contributed by atoms with E-state index in [1.165, 1.54) is 0 Å². The molecule has 5 nitrogen and oxygen atoms in total. The first-order chi connectivity index (χ1) is 8.11. The molecule has 0 spiro atoms. The van der Waals surface area contributed by atoms with Crippen LogP contribution in [0.1, 0.15) is 20.3 Å². The average Bonchev–Trinajstić information content (AvgIpc) is 2.33. The zero-order valence-corrected chi connectivity index (χ0v) is 11.8. The number of amides is 1. The third kappa shape index (κ3) is 9.26. The molecule has 0 aliphatic heterocycles. The van der Waals surface area contributed by atoms with E-state index >= 15 is 0 Å². The summed E-state index contributed by atoms with van der Waals surface area (Å²) in [6.07, 6.45) is 0.814. The fourth-order valence-corrected chi connectivity index (χ4v) is 1.84. The van der Waals surface area contributed by atoms with Gasteiger partial charge in [-0.05, 0) is 13.3 Å². The summed E-state index contributed by atoms with van der Waals surface area (Å²) in [5.74, 6) is 1.24. The lowest BCUT2D eigenvalue weighted by molar-refractivity contribution is -0.122. The maximum Gasteiger partial charge on any atom is 0.236 e. The molecule has 2 N–H and O–H groups in total. The Hall–Kier alpha value is -0.460.